The van der Waals surface area contributed by atoms with Crippen LogP contribution in [0.1, 0.15) is 38.4 Å². The molecule has 1 saturated heterocycles. The van der Waals surface area contributed by atoms with Crippen LogP contribution < -0.4 is 5.32 Å². The van der Waals surface area contributed by atoms with Crippen molar-refractivity contribution in [2.45, 2.75) is 45.8 Å². The first-order valence-electron chi connectivity index (χ1n) is 7.92. The zero-order chi connectivity index (χ0) is 15.9. The number of rotatable bonds is 7. The normalized spacial score (nSPS) is 19.5. The number of likely N-dealkylation sites (tertiary alicyclic amines) is 1. The summed E-state index contributed by atoms with van der Waals surface area (Å²) in [5.74, 6) is 1.27. The van der Waals surface area contributed by atoms with Gasteiger partial charge < -0.3 is 19.5 Å². The first-order chi connectivity index (χ1) is 10.6. The molecule has 7 heteroatoms. The molecule has 0 radical (unpaired) electrons. The molecule has 22 heavy (non-hydrogen) atoms. The van der Waals surface area contributed by atoms with Crippen molar-refractivity contribution in [1.82, 2.24) is 20.4 Å². The molecular formula is C15H26N4O3. The number of methoxy groups -OCH3 is 1. The quantitative estimate of drug-likeness (QED) is 0.809. The van der Waals surface area contributed by atoms with E-state index in [1.165, 1.54) is 0 Å². The second-order valence-electron chi connectivity index (χ2n) is 6.01. The summed E-state index contributed by atoms with van der Waals surface area (Å²) in [4.78, 5) is 18.8. The Morgan fingerprint density at radius 3 is 3.09 bits per heavy atom. The van der Waals surface area contributed by atoms with Crippen LogP contribution in [0.25, 0.3) is 0 Å². The number of nitrogens with zero attached hydrogens (tertiary/aromatic N) is 3. The maximum atomic E-state index is 12.2. The fraction of sp³-hybridized carbons (Fsp3) is 0.800. The van der Waals surface area contributed by atoms with Gasteiger partial charge in [0.05, 0.1) is 5.92 Å². The van der Waals surface area contributed by atoms with E-state index in [9.17, 15) is 4.79 Å². The molecule has 2 heterocycles. The van der Waals surface area contributed by atoms with Gasteiger partial charge in [-0.3, -0.25) is 4.79 Å². The molecule has 1 aliphatic heterocycles. The molecular weight excluding hydrogens is 284 g/mol. The predicted octanol–water partition coefficient (Wildman–Crippen LogP) is 0.995. The number of piperidine rings is 1. The van der Waals surface area contributed by atoms with Crippen molar-refractivity contribution >= 4 is 5.91 Å². The van der Waals surface area contributed by atoms with E-state index in [1.807, 2.05) is 0 Å². The van der Waals surface area contributed by atoms with Crippen molar-refractivity contribution in [3.8, 4) is 0 Å². The maximum absolute atomic E-state index is 12.2. The van der Waals surface area contributed by atoms with Gasteiger partial charge in [-0.15, -0.1) is 0 Å². The number of amides is 1. The van der Waals surface area contributed by atoms with Crippen LogP contribution in [0.5, 0.6) is 0 Å². The molecule has 7 nitrogen and oxygen atoms in total. The largest absolute Gasteiger partial charge is 0.377 e. The molecule has 1 fully saturated rings. The third-order valence-corrected chi connectivity index (χ3v) is 3.98. The average Bonchev–Trinajstić information content (AvgIpc) is 2.95. The van der Waals surface area contributed by atoms with E-state index < -0.39 is 0 Å². The first-order valence-corrected chi connectivity index (χ1v) is 7.92. The van der Waals surface area contributed by atoms with Crippen LogP contribution in [-0.2, 0) is 22.6 Å². The summed E-state index contributed by atoms with van der Waals surface area (Å²) in [5.41, 5.74) is 0. The Hall–Kier alpha value is -1.47. The van der Waals surface area contributed by atoms with Gasteiger partial charge in [-0.1, -0.05) is 5.16 Å². The summed E-state index contributed by atoms with van der Waals surface area (Å²) in [6.07, 6.45) is 2.59. The van der Waals surface area contributed by atoms with Gasteiger partial charge in [0.15, 0.2) is 5.82 Å². The van der Waals surface area contributed by atoms with Gasteiger partial charge in [0.2, 0.25) is 11.8 Å². The topological polar surface area (TPSA) is 80.5 Å². The van der Waals surface area contributed by atoms with Gasteiger partial charge in [-0.2, -0.15) is 4.98 Å². The smallest absolute Gasteiger partial charge is 0.228 e. The van der Waals surface area contributed by atoms with Crippen LogP contribution in [0.15, 0.2) is 4.52 Å². The molecule has 2 rings (SSSR count). The Bertz CT molecular complexity index is 475. The van der Waals surface area contributed by atoms with E-state index in [2.05, 4.69) is 34.2 Å². The first kappa shape index (κ1) is 16.9. The number of carbonyl (C=O) groups is 1. The van der Waals surface area contributed by atoms with Gasteiger partial charge >= 0.3 is 0 Å². The Morgan fingerprint density at radius 1 is 1.55 bits per heavy atom. The highest BCUT2D eigenvalue weighted by atomic mass is 16.5. The van der Waals surface area contributed by atoms with Gasteiger partial charge in [-0.25, -0.2) is 0 Å². The van der Waals surface area contributed by atoms with Gasteiger partial charge in [-0.05, 0) is 33.2 Å². The lowest BCUT2D eigenvalue weighted by atomic mass is 9.96. The number of nitrogens with one attached hydrogen (secondary N) is 1. The lowest BCUT2D eigenvalue weighted by Crippen LogP contribution is -2.45. The lowest BCUT2D eigenvalue weighted by Gasteiger charge is -2.34. The predicted molar refractivity (Wildman–Crippen MR) is 81.2 cm³/mol. The minimum atomic E-state index is 0.0860. The summed E-state index contributed by atoms with van der Waals surface area (Å²) in [6, 6.07) is 0.494. The second-order valence-corrected chi connectivity index (χ2v) is 6.01. The molecule has 0 unspecified atom stereocenters. The number of carbonyl (C=O) groups excluding carboxylic acids is 1. The minimum absolute atomic E-state index is 0.0860. The summed E-state index contributed by atoms with van der Waals surface area (Å²) in [6.45, 7) is 7.14. The Labute approximate surface area is 131 Å². The number of ether oxygens (including phenoxy) is 1. The Kier molecular flexibility index (Phi) is 6.33. The number of hydrogen-bond donors (Lipinski definition) is 1. The molecule has 1 amide bonds. The molecule has 1 aliphatic rings. The van der Waals surface area contributed by atoms with Crippen LogP contribution >= 0.6 is 0 Å². The monoisotopic (exact) mass is 310 g/mol. The molecule has 1 atom stereocenters. The third kappa shape index (κ3) is 4.78. The van der Waals surface area contributed by atoms with E-state index in [0.29, 0.717) is 37.3 Å². The third-order valence-electron chi connectivity index (χ3n) is 3.98. The molecule has 0 spiro atoms. The fourth-order valence-electron chi connectivity index (χ4n) is 2.71. The maximum Gasteiger partial charge on any atom is 0.228 e. The van der Waals surface area contributed by atoms with Gasteiger partial charge in [0, 0.05) is 32.7 Å². The Morgan fingerprint density at radius 2 is 2.36 bits per heavy atom. The molecule has 1 aromatic heterocycles. The van der Waals surface area contributed by atoms with E-state index in [0.717, 1.165) is 25.9 Å². The zero-order valence-corrected chi connectivity index (χ0v) is 13.7. The van der Waals surface area contributed by atoms with Crippen molar-refractivity contribution in [1.29, 1.82) is 0 Å². The molecule has 0 saturated carbocycles. The highest BCUT2D eigenvalue weighted by Crippen LogP contribution is 2.18. The van der Waals surface area contributed by atoms with Crippen LogP contribution in [-0.4, -0.2) is 53.7 Å². The van der Waals surface area contributed by atoms with Crippen molar-refractivity contribution in [3.63, 3.8) is 0 Å². The van der Waals surface area contributed by atoms with Crippen molar-refractivity contribution in [2.75, 3.05) is 26.7 Å². The van der Waals surface area contributed by atoms with E-state index >= 15 is 0 Å². The molecule has 0 bridgehead atoms. The standard InChI is InChI=1S/C15H26N4O3/c1-11(2)19-8-4-5-12(9-19)15(20)16-7-6-14-17-13(10-21-3)18-22-14/h11-12H,4-10H2,1-3H3,(H,16,20)/t12-/m1/s1. The van der Waals surface area contributed by atoms with Crippen LogP contribution in [0.2, 0.25) is 0 Å². The number of aromatic nitrogens is 2. The summed E-state index contributed by atoms with van der Waals surface area (Å²) >= 11 is 0. The molecule has 1 aromatic rings. The van der Waals surface area contributed by atoms with Crippen molar-refractivity contribution in [3.05, 3.63) is 11.7 Å². The number of hydrogen-bond acceptors (Lipinski definition) is 6. The van der Waals surface area contributed by atoms with Crippen LogP contribution in [0.3, 0.4) is 0 Å². The summed E-state index contributed by atoms with van der Waals surface area (Å²) < 4.78 is 10.0. The molecule has 124 valence electrons. The highest BCUT2D eigenvalue weighted by Gasteiger charge is 2.26. The van der Waals surface area contributed by atoms with Crippen molar-refractivity contribution in [2.24, 2.45) is 5.92 Å². The molecule has 1 N–H and O–H groups in total. The molecule has 0 aliphatic carbocycles. The average molecular weight is 310 g/mol. The summed E-state index contributed by atoms with van der Waals surface area (Å²) in [5, 5.41) is 6.77. The van der Waals surface area contributed by atoms with E-state index in [4.69, 9.17) is 9.26 Å². The summed E-state index contributed by atoms with van der Waals surface area (Å²) in [7, 11) is 1.58. The zero-order valence-electron chi connectivity index (χ0n) is 13.7. The van der Waals surface area contributed by atoms with E-state index in [1.54, 1.807) is 7.11 Å². The molecule has 0 aromatic carbocycles. The van der Waals surface area contributed by atoms with Crippen LogP contribution in [0.4, 0.5) is 0 Å². The fourth-order valence-corrected chi connectivity index (χ4v) is 2.71. The Balaban J connectivity index is 1.72. The second kappa shape index (κ2) is 8.24. The highest BCUT2D eigenvalue weighted by molar-refractivity contribution is 5.78. The van der Waals surface area contributed by atoms with Gasteiger partial charge in [0.25, 0.3) is 0 Å². The minimum Gasteiger partial charge on any atom is -0.377 e. The van der Waals surface area contributed by atoms with E-state index in [-0.39, 0.29) is 11.8 Å². The van der Waals surface area contributed by atoms with Crippen LogP contribution in [0, 0.1) is 5.92 Å². The SMILES string of the molecule is COCc1noc(CCNC(=O)[C@@H]2CCCN(C(C)C)C2)n1. The van der Waals surface area contributed by atoms with Crippen molar-refractivity contribution < 1.29 is 14.1 Å². The van der Waals surface area contributed by atoms with Gasteiger partial charge in [0.1, 0.15) is 6.61 Å². The lowest BCUT2D eigenvalue weighted by molar-refractivity contribution is -0.126.